The van der Waals surface area contributed by atoms with Crippen LogP contribution in [0.15, 0.2) is 0 Å². The summed E-state index contributed by atoms with van der Waals surface area (Å²) in [5, 5.41) is 9.35. The zero-order chi connectivity index (χ0) is 9.40. The maximum absolute atomic E-state index is 10.0. The van der Waals surface area contributed by atoms with E-state index in [1.165, 1.54) is 0 Å². The Labute approximate surface area is 73.0 Å². The Morgan fingerprint density at radius 1 is 1.33 bits per heavy atom. The lowest BCUT2D eigenvalue weighted by Gasteiger charge is -2.12. The van der Waals surface area contributed by atoms with Crippen molar-refractivity contribution < 1.29 is 9.92 Å². The Hall–Kier alpha value is -0.800. The zero-order valence-electron chi connectivity index (χ0n) is 7.78. The number of hydrogen-bond donors (Lipinski definition) is 0. The third-order valence-electron chi connectivity index (χ3n) is 1.73. The molecule has 0 amide bonds. The molecule has 0 spiro atoms. The van der Waals surface area contributed by atoms with Crippen LogP contribution in [0.2, 0.25) is 0 Å². The van der Waals surface area contributed by atoms with Crippen molar-refractivity contribution in [1.82, 2.24) is 0 Å². The van der Waals surface area contributed by atoms with Crippen LogP contribution in [0.3, 0.4) is 0 Å². The van der Waals surface area contributed by atoms with Crippen molar-refractivity contribution in [2.24, 2.45) is 0 Å². The van der Waals surface area contributed by atoms with E-state index in [1.54, 1.807) is 0 Å². The first kappa shape index (κ1) is 11.2. The second kappa shape index (κ2) is 6.88. The monoisotopic (exact) mass is 175 g/mol. The van der Waals surface area contributed by atoms with Gasteiger partial charge in [0.2, 0.25) is 0 Å². The van der Waals surface area contributed by atoms with Crippen molar-refractivity contribution in [3.05, 3.63) is 10.1 Å². The second-order valence-corrected chi connectivity index (χ2v) is 2.88. The molecule has 12 heavy (non-hydrogen) atoms. The summed E-state index contributed by atoms with van der Waals surface area (Å²) in [6.07, 6.45) is 4.37. The van der Waals surface area contributed by atoms with Crippen LogP contribution in [-0.4, -0.2) is 11.2 Å². The van der Waals surface area contributed by atoms with Crippen LogP contribution in [0.25, 0.3) is 0 Å². The first-order valence-corrected chi connectivity index (χ1v) is 4.51. The fourth-order valence-corrected chi connectivity index (χ4v) is 1.13. The van der Waals surface area contributed by atoms with E-state index >= 15 is 0 Å². The summed E-state index contributed by atoms with van der Waals surface area (Å²) in [5.74, 6) is 0. The average molecular weight is 175 g/mol. The molecule has 0 aliphatic rings. The van der Waals surface area contributed by atoms with E-state index in [2.05, 4.69) is 11.8 Å². The van der Waals surface area contributed by atoms with Gasteiger partial charge in [-0.05, 0) is 12.8 Å². The van der Waals surface area contributed by atoms with Gasteiger partial charge in [0.1, 0.15) is 6.10 Å². The van der Waals surface area contributed by atoms with Gasteiger partial charge in [0.25, 0.3) is 5.09 Å². The number of unbranched alkanes of at least 4 members (excludes halogenated alkanes) is 1. The van der Waals surface area contributed by atoms with Crippen LogP contribution < -0.4 is 0 Å². The molecule has 0 saturated heterocycles. The van der Waals surface area contributed by atoms with Crippen LogP contribution in [-0.2, 0) is 4.84 Å². The Balaban J connectivity index is 3.61. The van der Waals surface area contributed by atoms with Gasteiger partial charge in [0.15, 0.2) is 0 Å². The highest BCUT2D eigenvalue weighted by Gasteiger charge is 2.10. The molecule has 0 heterocycles. The van der Waals surface area contributed by atoms with Crippen molar-refractivity contribution in [2.75, 3.05) is 0 Å². The summed E-state index contributed by atoms with van der Waals surface area (Å²) >= 11 is 0. The maximum Gasteiger partial charge on any atom is 0.294 e. The van der Waals surface area contributed by atoms with Crippen LogP contribution in [0.5, 0.6) is 0 Å². The summed E-state index contributed by atoms with van der Waals surface area (Å²) in [6.45, 7) is 4.07. The Morgan fingerprint density at radius 3 is 2.42 bits per heavy atom. The van der Waals surface area contributed by atoms with Gasteiger partial charge >= 0.3 is 0 Å². The molecule has 0 N–H and O–H groups in total. The van der Waals surface area contributed by atoms with Gasteiger partial charge in [-0.3, -0.25) is 0 Å². The first-order valence-electron chi connectivity index (χ1n) is 4.51. The molecule has 0 aliphatic carbocycles. The van der Waals surface area contributed by atoms with Crippen molar-refractivity contribution in [1.29, 1.82) is 0 Å². The predicted molar refractivity (Wildman–Crippen MR) is 46.3 cm³/mol. The number of rotatable bonds is 7. The van der Waals surface area contributed by atoms with Gasteiger partial charge in [-0.1, -0.05) is 33.1 Å². The molecule has 0 aromatic heterocycles. The van der Waals surface area contributed by atoms with Gasteiger partial charge in [-0.25, -0.2) is 0 Å². The molecule has 0 rings (SSSR count). The lowest BCUT2D eigenvalue weighted by molar-refractivity contribution is -0.769. The minimum absolute atomic E-state index is 0.190. The van der Waals surface area contributed by atoms with E-state index in [0.717, 1.165) is 32.1 Å². The molecule has 4 heteroatoms. The van der Waals surface area contributed by atoms with Crippen LogP contribution >= 0.6 is 0 Å². The number of hydrogen-bond acceptors (Lipinski definition) is 3. The quantitative estimate of drug-likeness (QED) is 0.441. The van der Waals surface area contributed by atoms with Crippen LogP contribution in [0, 0.1) is 10.1 Å². The standard InChI is InChI=1S/C8H17NO3/c1-3-5-7-8(6-4-2)12-9(10)11/h8H,3-7H2,1-2H3. The lowest BCUT2D eigenvalue weighted by Crippen LogP contribution is -2.16. The molecule has 1 unspecified atom stereocenters. The third kappa shape index (κ3) is 5.95. The van der Waals surface area contributed by atoms with Crippen molar-refractivity contribution in [3.63, 3.8) is 0 Å². The highest BCUT2D eigenvalue weighted by molar-refractivity contribution is 4.54. The molecular weight excluding hydrogens is 158 g/mol. The summed E-state index contributed by atoms with van der Waals surface area (Å²) in [7, 11) is 0. The normalized spacial score (nSPS) is 12.5. The topological polar surface area (TPSA) is 52.4 Å². The summed E-state index contributed by atoms with van der Waals surface area (Å²) < 4.78 is 0. The Bertz CT molecular complexity index is 127. The van der Waals surface area contributed by atoms with Gasteiger partial charge in [0.05, 0.1) is 0 Å². The largest absolute Gasteiger partial charge is 0.311 e. The second-order valence-electron chi connectivity index (χ2n) is 2.88. The summed E-state index contributed by atoms with van der Waals surface area (Å²) in [6, 6.07) is 0. The molecule has 4 nitrogen and oxygen atoms in total. The lowest BCUT2D eigenvalue weighted by atomic mass is 10.1. The maximum atomic E-state index is 10.0. The van der Waals surface area contributed by atoms with Crippen molar-refractivity contribution >= 4 is 0 Å². The number of nitrogens with zero attached hydrogens (tertiary/aromatic N) is 1. The molecule has 0 aliphatic heterocycles. The molecule has 0 radical (unpaired) electrons. The smallest absolute Gasteiger partial charge is 0.294 e. The SMILES string of the molecule is CCCCC(CCC)O[N+](=O)[O-]. The van der Waals surface area contributed by atoms with E-state index in [-0.39, 0.29) is 6.10 Å². The minimum atomic E-state index is -0.685. The molecule has 0 aromatic rings. The van der Waals surface area contributed by atoms with Crippen LogP contribution in [0.4, 0.5) is 0 Å². The third-order valence-corrected chi connectivity index (χ3v) is 1.73. The van der Waals surface area contributed by atoms with Gasteiger partial charge in [0, 0.05) is 0 Å². The molecule has 0 saturated carbocycles. The van der Waals surface area contributed by atoms with E-state index < -0.39 is 5.09 Å². The zero-order valence-corrected chi connectivity index (χ0v) is 7.78. The molecule has 1 atom stereocenters. The average Bonchev–Trinajstić information content (AvgIpc) is 2.00. The minimum Gasteiger partial charge on any atom is -0.311 e. The highest BCUT2D eigenvalue weighted by atomic mass is 17.0. The fourth-order valence-electron chi connectivity index (χ4n) is 1.13. The molecule has 0 bridgehead atoms. The van der Waals surface area contributed by atoms with Crippen molar-refractivity contribution in [3.8, 4) is 0 Å². The van der Waals surface area contributed by atoms with E-state index in [4.69, 9.17) is 0 Å². The van der Waals surface area contributed by atoms with E-state index in [0.29, 0.717) is 0 Å². The Morgan fingerprint density at radius 2 is 2.00 bits per heavy atom. The summed E-state index contributed by atoms with van der Waals surface area (Å²) in [4.78, 5) is 14.5. The molecule has 0 aromatic carbocycles. The van der Waals surface area contributed by atoms with E-state index in [1.807, 2.05) is 6.92 Å². The van der Waals surface area contributed by atoms with Gasteiger partial charge in [-0.15, -0.1) is 10.1 Å². The molecule has 72 valence electrons. The van der Waals surface area contributed by atoms with Gasteiger partial charge < -0.3 is 4.84 Å². The fraction of sp³-hybridized carbons (Fsp3) is 1.00. The highest BCUT2D eigenvalue weighted by Crippen LogP contribution is 2.10. The van der Waals surface area contributed by atoms with E-state index in [9.17, 15) is 10.1 Å². The molecule has 0 fully saturated rings. The van der Waals surface area contributed by atoms with Crippen LogP contribution in [0.1, 0.15) is 46.0 Å². The predicted octanol–water partition coefficient (Wildman–Crippen LogP) is 2.55. The summed E-state index contributed by atoms with van der Waals surface area (Å²) in [5.41, 5.74) is 0. The Kier molecular flexibility index (Phi) is 6.42. The molecular formula is C8H17NO3. The first-order chi connectivity index (χ1) is 5.70. The van der Waals surface area contributed by atoms with Gasteiger partial charge in [-0.2, -0.15) is 0 Å². The van der Waals surface area contributed by atoms with Crippen molar-refractivity contribution in [2.45, 2.75) is 52.1 Å².